The molecule has 0 bridgehead atoms. The van der Waals surface area contributed by atoms with E-state index in [0.29, 0.717) is 10.9 Å². The van der Waals surface area contributed by atoms with Crippen LogP contribution in [-0.4, -0.2) is 45.4 Å². The van der Waals surface area contributed by atoms with Crippen molar-refractivity contribution >= 4 is 23.2 Å². The van der Waals surface area contributed by atoms with Crippen molar-refractivity contribution < 1.29 is 4.74 Å². The molecule has 1 aliphatic heterocycles. The molecule has 20 heavy (non-hydrogen) atoms. The second-order valence-electron chi connectivity index (χ2n) is 5.00. The third-order valence-electron chi connectivity index (χ3n) is 3.70. The molecule has 0 aliphatic carbocycles. The van der Waals surface area contributed by atoms with Gasteiger partial charge in [0, 0.05) is 25.3 Å². The summed E-state index contributed by atoms with van der Waals surface area (Å²) in [5.74, 6) is 1.48. The van der Waals surface area contributed by atoms with Crippen molar-refractivity contribution in [1.82, 2.24) is 19.6 Å². The molecule has 0 amide bonds. The van der Waals surface area contributed by atoms with Gasteiger partial charge in [-0.1, -0.05) is 11.6 Å². The number of halogens is 1. The minimum atomic E-state index is 0.278. The fraction of sp³-hybridized carbons (Fsp3) is 0.615. The predicted molar refractivity (Wildman–Crippen MR) is 77.4 cm³/mol. The molecule has 1 saturated heterocycles. The van der Waals surface area contributed by atoms with Gasteiger partial charge in [0.15, 0.2) is 0 Å². The number of aromatic nitrogens is 4. The Morgan fingerprint density at radius 1 is 1.55 bits per heavy atom. The third-order valence-corrected chi connectivity index (χ3v) is 4.07. The maximum Gasteiger partial charge on any atom is 0.255 e. The van der Waals surface area contributed by atoms with Gasteiger partial charge >= 0.3 is 0 Å². The largest absolute Gasteiger partial charge is 0.376 e. The zero-order valence-corrected chi connectivity index (χ0v) is 12.5. The van der Waals surface area contributed by atoms with Gasteiger partial charge in [-0.15, -0.1) is 0 Å². The number of likely N-dealkylation sites (N-methyl/N-ethyl adjacent to an activating group) is 1. The fourth-order valence-electron chi connectivity index (χ4n) is 2.65. The van der Waals surface area contributed by atoms with Gasteiger partial charge in [0.1, 0.15) is 17.3 Å². The Kier molecular flexibility index (Phi) is 3.76. The van der Waals surface area contributed by atoms with E-state index in [2.05, 4.69) is 26.9 Å². The van der Waals surface area contributed by atoms with Crippen LogP contribution in [0.1, 0.15) is 25.3 Å². The van der Waals surface area contributed by atoms with Gasteiger partial charge in [-0.3, -0.25) is 0 Å². The fourth-order valence-corrected chi connectivity index (χ4v) is 2.81. The van der Waals surface area contributed by atoms with Crippen LogP contribution in [0.15, 0.2) is 6.33 Å². The molecule has 0 radical (unpaired) electrons. The maximum atomic E-state index is 6.22. The molecule has 3 heterocycles. The first-order valence-corrected chi connectivity index (χ1v) is 7.31. The lowest BCUT2D eigenvalue weighted by Crippen LogP contribution is -2.34. The Bertz CT molecular complexity index is 608. The number of fused-ring (bicyclic) bond motifs is 1. The number of anilines is 1. The molecular formula is C13H18ClN5O. The van der Waals surface area contributed by atoms with Gasteiger partial charge in [0.05, 0.1) is 6.10 Å². The average Bonchev–Trinajstić information content (AvgIpc) is 3.09. The highest BCUT2D eigenvalue weighted by Crippen LogP contribution is 2.27. The summed E-state index contributed by atoms with van der Waals surface area (Å²) in [5.41, 5.74) is 0.921. The molecule has 1 aliphatic rings. The number of ether oxygens (including phenoxy) is 1. The molecule has 7 heteroatoms. The van der Waals surface area contributed by atoms with Gasteiger partial charge < -0.3 is 9.64 Å². The van der Waals surface area contributed by atoms with Crippen LogP contribution in [0.3, 0.4) is 0 Å². The van der Waals surface area contributed by atoms with E-state index < -0.39 is 0 Å². The quantitative estimate of drug-likeness (QED) is 0.809. The summed E-state index contributed by atoms with van der Waals surface area (Å²) in [6, 6.07) is 0. The number of hydrogen-bond acceptors (Lipinski definition) is 5. The lowest BCUT2D eigenvalue weighted by atomic mass is 10.2. The standard InChI is InChI=1S/C13H18ClN5O/c1-3-18(7-10-5-4-6-20-10)12-9(2)11(14)17-13-15-8-16-19(12)13/h8,10H,3-7H2,1-2H3. The van der Waals surface area contributed by atoms with E-state index in [1.807, 2.05) is 6.92 Å². The number of hydrogen-bond donors (Lipinski definition) is 0. The molecule has 0 N–H and O–H groups in total. The monoisotopic (exact) mass is 295 g/mol. The predicted octanol–water partition coefficient (Wildman–Crippen LogP) is 2.09. The van der Waals surface area contributed by atoms with Crippen molar-refractivity contribution in [3.05, 3.63) is 17.0 Å². The third kappa shape index (κ3) is 2.33. The lowest BCUT2D eigenvalue weighted by molar-refractivity contribution is 0.115. The van der Waals surface area contributed by atoms with Crippen molar-refractivity contribution in [3.8, 4) is 0 Å². The van der Waals surface area contributed by atoms with Crippen molar-refractivity contribution in [3.63, 3.8) is 0 Å². The Balaban J connectivity index is 2.01. The molecular weight excluding hydrogens is 278 g/mol. The van der Waals surface area contributed by atoms with Gasteiger partial charge in [-0.25, -0.2) is 0 Å². The summed E-state index contributed by atoms with van der Waals surface area (Å²) in [4.78, 5) is 10.6. The van der Waals surface area contributed by atoms with E-state index in [1.54, 1.807) is 4.52 Å². The summed E-state index contributed by atoms with van der Waals surface area (Å²) < 4.78 is 7.48. The molecule has 6 nitrogen and oxygen atoms in total. The van der Waals surface area contributed by atoms with Crippen molar-refractivity contribution in [2.24, 2.45) is 0 Å². The van der Waals surface area contributed by atoms with Gasteiger partial charge in [0.25, 0.3) is 5.78 Å². The summed E-state index contributed by atoms with van der Waals surface area (Å²) in [5, 5.41) is 4.74. The van der Waals surface area contributed by atoms with Gasteiger partial charge in [-0.2, -0.15) is 19.6 Å². The van der Waals surface area contributed by atoms with Gasteiger partial charge in [0.2, 0.25) is 0 Å². The zero-order valence-electron chi connectivity index (χ0n) is 11.7. The number of rotatable bonds is 4. The highest BCUT2D eigenvalue weighted by atomic mass is 35.5. The normalized spacial score (nSPS) is 18.9. The van der Waals surface area contributed by atoms with E-state index in [9.17, 15) is 0 Å². The molecule has 3 rings (SSSR count). The highest BCUT2D eigenvalue weighted by molar-refractivity contribution is 6.30. The van der Waals surface area contributed by atoms with Crippen LogP contribution in [0.2, 0.25) is 5.15 Å². The Hall–Kier alpha value is -1.40. The smallest absolute Gasteiger partial charge is 0.255 e. The highest BCUT2D eigenvalue weighted by Gasteiger charge is 2.23. The van der Waals surface area contributed by atoms with E-state index in [0.717, 1.165) is 43.9 Å². The van der Waals surface area contributed by atoms with Crippen LogP contribution >= 0.6 is 11.6 Å². The van der Waals surface area contributed by atoms with Crippen LogP contribution in [0.25, 0.3) is 5.78 Å². The minimum absolute atomic E-state index is 0.278. The average molecular weight is 296 g/mol. The SMILES string of the molecule is CCN(CC1CCCO1)c1c(C)c(Cl)nc2ncnn12. The number of nitrogens with zero attached hydrogens (tertiary/aromatic N) is 5. The molecule has 1 atom stereocenters. The van der Waals surface area contributed by atoms with Crippen LogP contribution in [0, 0.1) is 6.92 Å². The first kappa shape index (κ1) is 13.6. The Labute approximate surface area is 122 Å². The van der Waals surface area contributed by atoms with Crippen LogP contribution < -0.4 is 4.90 Å². The van der Waals surface area contributed by atoms with Crippen LogP contribution in [0.5, 0.6) is 0 Å². The van der Waals surface area contributed by atoms with Crippen molar-refractivity contribution in [2.75, 3.05) is 24.6 Å². The van der Waals surface area contributed by atoms with E-state index in [1.165, 1.54) is 6.33 Å². The molecule has 2 aromatic heterocycles. The summed E-state index contributed by atoms with van der Waals surface area (Å²) >= 11 is 6.22. The second-order valence-corrected chi connectivity index (χ2v) is 5.35. The minimum Gasteiger partial charge on any atom is -0.376 e. The Morgan fingerprint density at radius 3 is 3.10 bits per heavy atom. The summed E-state index contributed by atoms with van der Waals surface area (Å²) in [7, 11) is 0. The molecule has 2 aromatic rings. The van der Waals surface area contributed by atoms with Crippen molar-refractivity contribution in [2.45, 2.75) is 32.8 Å². The molecule has 1 unspecified atom stereocenters. The van der Waals surface area contributed by atoms with Crippen LogP contribution in [0.4, 0.5) is 5.82 Å². The topological polar surface area (TPSA) is 55.5 Å². The molecule has 0 aromatic carbocycles. The van der Waals surface area contributed by atoms with Crippen LogP contribution in [-0.2, 0) is 4.74 Å². The van der Waals surface area contributed by atoms with Crippen molar-refractivity contribution in [1.29, 1.82) is 0 Å². The Morgan fingerprint density at radius 2 is 2.40 bits per heavy atom. The molecule has 108 valence electrons. The summed E-state index contributed by atoms with van der Waals surface area (Å²) in [6.45, 7) is 6.63. The molecule has 1 fully saturated rings. The zero-order chi connectivity index (χ0) is 14.1. The van der Waals surface area contributed by atoms with E-state index >= 15 is 0 Å². The van der Waals surface area contributed by atoms with E-state index in [-0.39, 0.29) is 6.10 Å². The second kappa shape index (κ2) is 5.54. The first-order chi connectivity index (χ1) is 9.70. The maximum absolute atomic E-state index is 6.22. The lowest BCUT2D eigenvalue weighted by Gasteiger charge is -2.27. The van der Waals surface area contributed by atoms with Gasteiger partial charge in [-0.05, 0) is 26.7 Å². The van der Waals surface area contributed by atoms with E-state index in [4.69, 9.17) is 16.3 Å². The molecule has 0 spiro atoms. The summed E-state index contributed by atoms with van der Waals surface area (Å²) in [6.07, 6.45) is 4.02. The first-order valence-electron chi connectivity index (χ1n) is 6.93. The molecule has 0 saturated carbocycles.